The first-order valence-electron chi connectivity index (χ1n) is 19.8. The summed E-state index contributed by atoms with van der Waals surface area (Å²) in [5.74, 6) is -1.76. The predicted molar refractivity (Wildman–Crippen MR) is 224 cm³/mol. The molecule has 6 rings (SSSR count). The standard InChI is InChI=1S/C43H56N6O9S/c1-11-27-23-43(27,39(52)47-59(54,55)31-16-17-31)46-36(50)34-22-30(24-49(34)38(51)35(41(2,3)4)45-40(53)58-42(5,6)7)57-37-32-18-15-29(56-10)20-26(32)21-33(44-37)25-13-12-14-28(19-25)48(8)9/h11-15,18-21,27,30-31,34-35H,1,16-17,22-24H2,2-10H3,(H,45,53)(H,46,50)(H,47,52)/t27-,30-,34+,35-,43-/m1/s1. The lowest BCUT2D eigenvalue weighted by atomic mass is 9.85. The first-order valence-corrected chi connectivity index (χ1v) is 21.3. The molecule has 16 heteroatoms. The van der Waals surface area contributed by atoms with Gasteiger partial charge in [-0.1, -0.05) is 39.0 Å². The maximum atomic E-state index is 14.7. The van der Waals surface area contributed by atoms with Crippen molar-refractivity contribution in [2.24, 2.45) is 11.3 Å². The van der Waals surface area contributed by atoms with Crippen LogP contribution in [0.3, 0.4) is 0 Å². The summed E-state index contributed by atoms with van der Waals surface area (Å²) in [5.41, 5.74) is -0.851. The summed E-state index contributed by atoms with van der Waals surface area (Å²) in [7, 11) is 1.55. The minimum absolute atomic E-state index is 0.0165. The van der Waals surface area contributed by atoms with Crippen LogP contribution in [0.1, 0.15) is 67.2 Å². The van der Waals surface area contributed by atoms with E-state index < -0.39 is 79.7 Å². The van der Waals surface area contributed by atoms with Crippen molar-refractivity contribution in [3.8, 4) is 22.9 Å². The van der Waals surface area contributed by atoms with Crippen molar-refractivity contribution in [2.45, 2.75) is 102 Å². The van der Waals surface area contributed by atoms with Gasteiger partial charge in [0.1, 0.15) is 35.1 Å². The van der Waals surface area contributed by atoms with Crippen LogP contribution in [0.15, 0.2) is 61.2 Å². The van der Waals surface area contributed by atoms with Crippen molar-refractivity contribution >= 4 is 50.3 Å². The van der Waals surface area contributed by atoms with E-state index in [1.807, 2.05) is 61.5 Å². The van der Waals surface area contributed by atoms with Gasteiger partial charge >= 0.3 is 6.09 Å². The summed E-state index contributed by atoms with van der Waals surface area (Å²) < 4.78 is 45.5. The largest absolute Gasteiger partial charge is 0.497 e. The van der Waals surface area contributed by atoms with E-state index in [0.717, 1.165) is 16.6 Å². The Labute approximate surface area is 346 Å². The summed E-state index contributed by atoms with van der Waals surface area (Å²) in [4.78, 5) is 64.3. The Balaban J connectivity index is 1.36. The molecule has 1 saturated heterocycles. The number of nitrogens with zero attached hydrogens (tertiary/aromatic N) is 3. The lowest BCUT2D eigenvalue weighted by Crippen LogP contribution is -2.60. The van der Waals surface area contributed by atoms with Crippen LogP contribution in [0.5, 0.6) is 11.6 Å². The van der Waals surface area contributed by atoms with Gasteiger partial charge < -0.3 is 34.6 Å². The van der Waals surface area contributed by atoms with E-state index in [9.17, 15) is 27.6 Å². The maximum absolute atomic E-state index is 14.7. The van der Waals surface area contributed by atoms with Crippen LogP contribution in [0, 0.1) is 11.3 Å². The molecule has 1 aromatic heterocycles. The van der Waals surface area contributed by atoms with Crippen molar-refractivity contribution in [1.82, 2.24) is 25.2 Å². The van der Waals surface area contributed by atoms with E-state index >= 15 is 0 Å². The SMILES string of the molecule is C=C[C@@H]1C[C@]1(NC(=O)[C@@H]1C[C@@H](Oc2nc(-c3cccc(N(C)C)c3)cc3cc(OC)ccc23)CN1C(=O)[C@@H](NC(=O)OC(C)(C)C)C(C)(C)C)C(=O)NS(=O)(=O)C1CC1. The molecular weight excluding hydrogens is 777 g/mol. The Hall–Kier alpha value is -5.38. The fourth-order valence-electron chi connectivity index (χ4n) is 7.30. The summed E-state index contributed by atoms with van der Waals surface area (Å²) in [6, 6.07) is 13.0. The number of rotatable bonds is 13. The Morgan fingerprint density at radius 1 is 1.03 bits per heavy atom. The predicted octanol–water partition coefficient (Wildman–Crippen LogP) is 4.93. The van der Waals surface area contributed by atoms with Crippen LogP contribution in [0.4, 0.5) is 10.5 Å². The monoisotopic (exact) mass is 832 g/mol. The highest BCUT2D eigenvalue weighted by atomic mass is 32.2. The number of benzene rings is 2. The second-order valence-corrected chi connectivity index (χ2v) is 19.9. The number of carbonyl (C=O) groups is 4. The summed E-state index contributed by atoms with van der Waals surface area (Å²) in [6.07, 6.45) is 0.913. The number of ether oxygens (including phenoxy) is 3. The van der Waals surface area contributed by atoms with Crippen LogP contribution in [-0.4, -0.2) is 104 Å². The normalized spacial score (nSPS) is 22.2. The van der Waals surface area contributed by atoms with Crippen molar-refractivity contribution in [3.05, 3.63) is 61.2 Å². The number of sulfonamides is 1. The Morgan fingerprint density at radius 3 is 2.34 bits per heavy atom. The van der Waals surface area contributed by atoms with Crippen molar-refractivity contribution in [3.63, 3.8) is 0 Å². The minimum atomic E-state index is -3.93. The van der Waals surface area contributed by atoms with Crippen LogP contribution in [0.25, 0.3) is 22.0 Å². The number of hydrogen-bond donors (Lipinski definition) is 3. The highest BCUT2D eigenvalue weighted by Gasteiger charge is 2.62. The summed E-state index contributed by atoms with van der Waals surface area (Å²) in [6.45, 7) is 14.2. The zero-order valence-electron chi connectivity index (χ0n) is 35.2. The van der Waals surface area contributed by atoms with Gasteiger partial charge in [-0.25, -0.2) is 18.2 Å². The number of likely N-dealkylation sites (tertiary alicyclic amines) is 1. The second kappa shape index (κ2) is 16.0. The minimum Gasteiger partial charge on any atom is -0.497 e. The highest BCUT2D eigenvalue weighted by molar-refractivity contribution is 7.91. The topological polar surface area (TPSA) is 186 Å². The average molecular weight is 833 g/mol. The number of alkyl carbamates (subject to hydrolysis) is 1. The number of anilines is 1. The van der Waals surface area contributed by atoms with Crippen LogP contribution < -0.4 is 29.7 Å². The molecule has 4 amide bonds. The molecule has 3 aromatic rings. The Kier molecular flexibility index (Phi) is 11.7. The van der Waals surface area contributed by atoms with Gasteiger partial charge in [0, 0.05) is 43.1 Å². The Bertz CT molecular complexity index is 2260. The molecule has 318 valence electrons. The number of carbonyl (C=O) groups excluding carboxylic acids is 4. The number of nitrogens with one attached hydrogen (secondary N) is 3. The molecule has 0 spiro atoms. The van der Waals surface area contributed by atoms with Gasteiger partial charge in [0.25, 0.3) is 5.91 Å². The fourth-order valence-corrected chi connectivity index (χ4v) is 8.67. The van der Waals surface area contributed by atoms with Gasteiger partial charge in [-0.2, -0.15) is 0 Å². The van der Waals surface area contributed by atoms with Crippen molar-refractivity contribution in [2.75, 3.05) is 32.6 Å². The molecule has 3 fully saturated rings. The summed E-state index contributed by atoms with van der Waals surface area (Å²) >= 11 is 0. The molecule has 0 radical (unpaired) electrons. The van der Waals surface area contributed by atoms with Crippen LogP contribution in [0.2, 0.25) is 0 Å². The Morgan fingerprint density at radius 2 is 1.75 bits per heavy atom. The van der Waals surface area contributed by atoms with Gasteiger partial charge in [-0.15, -0.1) is 6.58 Å². The number of amides is 4. The van der Waals surface area contributed by atoms with Crippen molar-refractivity contribution < 1.29 is 41.8 Å². The third-order valence-corrected chi connectivity index (χ3v) is 12.6. The van der Waals surface area contributed by atoms with Gasteiger partial charge in [-0.05, 0) is 87.2 Å². The number of hydrogen-bond acceptors (Lipinski definition) is 11. The first kappa shape index (κ1) is 43.2. The van der Waals surface area contributed by atoms with E-state index in [1.165, 1.54) is 11.0 Å². The molecule has 3 aliphatic rings. The molecule has 3 N–H and O–H groups in total. The quantitative estimate of drug-likeness (QED) is 0.198. The molecule has 2 heterocycles. The molecule has 1 aliphatic heterocycles. The van der Waals surface area contributed by atoms with Gasteiger partial charge in [0.05, 0.1) is 24.6 Å². The average Bonchev–Trinajstić information content (AvgIpc) is 4.09. The molecule has 2 aliphatic carbocycles. The van der Waals surface area contributed by atoms with Crippen LogP contribution >= 0.6 is 0 Å². The molecule has 0 bridgehead atoms. The second-order valence-electron chi connectivity index (χ2n) is 18.0. The molecule has 15 nitrogen and oxygen atoms in total. The van der Waals surface area contributed by atoms with Gasteiger partial charge in [-0.3, -0.25) is 19.1 Å². The molecule has 5 atom stereocenters. The highest BCUT2D eigenvalue weighted by Crippen LogP contribution is 2.46. The number of aromatic nitrogens is 1. The lowest BCUT2D eigenvalue weighted by Gasteiger charge is -2.36. The molecule has 2 saturated carbocycles. The number of pyridine rings is 1. The van der Waals surface area contributed by atoms with E-state index in [2.05, 4.69) is 21.9 Å². The number of methoxy groups -OCH3 is 1. The van der Waals surface area contributed by atoms with E-state index in [0.29, 0.717) is 29.7 Å². The van der Waals surface area contributed by atoms with Crippen molar-refractivity contribution in [1.29, 1.82) is 0 Å². The molecule has 2 aromatic carbocycles. The maximum Gasteiger partial charge on any atom is 0.408 e. The van der Waals surface area contributed by atoms with Gasteiger partial charge in [0.15, 0.2) is 0 Å². The van der Waals surface area contributed by atoms with E-state index in [4.69, 9.17) is 19.2 Å². The molecule has 0 unspecified atom stereocenters. The zero-order chi connectivity index (χ0) is 43.2. The third kappa shape index (κ3) is 9.58. The van der Waals surface area contributed by atoms with Gasteiger partial charge in [0.2, 0.25) is 27.7 Å². The van der Waals surface area contributed by atoms with E-state index in [1.54, 1.807) is 54.7 Å². The number of fused-ring (bicyclic) bond motifs is 1. The van der Waals surface area contributed by atoms with E-state index in [-0.39, 0.29) is 25.3 Å². The third-order valence-electron chi connectivity index (χ3n) is 10.8. The lowest BCUT2D eigenvalue weighted by molar-refractivity contribution is -0.143. The summed E-state index contributed by atoms with van der Waals surface area (Å²) in [5, 5.41) is 6.34. The van der Waals surface area contributed by atoms with Crippen LogP contribution in [-0.2, 0) is 29.1 Å². The molecule has 59 heavy (non-hydrogen) atoms. The zero-order valence-corrected chi connectivity index (χ0v) is 36.1. The first-order chi connectivity index (χ1) is 27.5. The molecular formula is C43H56N6O9S. The smallest absolute Gasteiger partial charge is 0.408 e. The fraction of sp³-hybridized carbons (Fsp3) is 0.512.